The molecule has 0 amide bonds. The standard InChI is InChI=1S/C13H25NO/c1-5-12(15)11(3)14-9-7-13(4,6-2)8-10-14/h11H,5-10H2,1-4H3. The SMILES string of the molecule is CCC(=O)C(C)N1CCC(C)(CC)CC1. The monoisotopic (exact) mass is 211 g/mol. The third kappa shape index (κ3) is 3.04. The molecule has 1 rings (SSSR count). The Kier molecular flexibility index (Phi) is 4.32. The third-order valence-corrected chi connectivity index (χ3v) is 4.22. The van der Waals surface area contributed by atoms with Crippen LogP contribution in [0.15, 0.2) is 0 Å². The maximum atomic E-state index is 11.6. The van der Waals surface area contributed by atoms with E-state index in [0.717, 1.165) is 13.1 Å². The predicted octanol–water partition coefficient (Wildman–Crippen LogP) is 2.87. The molecule has 0 saturated carbocycles. The van der Waals surface area contributed by atoms with Gasteiger partial charge in [-0.1, -0.05) is 27.2 Å². The summed E-state index contributed by atoms with van der Waals surface area (Å²) in [5.74, 6) is 0.384. The lowest BCUT2D eigenvalue weighted by Gasteiger charge is -2.41. The van der Waals surface area contributed by atoms with Gasteiger partial charge in [-0.25, -0.2) is 0 Å². The number of piperidine rings is 1. The first kappa shape index (κ1) is 12.7. The van der Waals surface area contributed by atoms with Gasteiger partial charge in [-0.15, -0.1) is 0 Å². The summed E-state index contributed by atoms with van der Waals surface area (Å²) in [5.41, 5.74) is 0.519. The van der Waals surface area contributed by atoms with Gasteiger partial charge in [0, 0.05) is 6.42 Å². The molecule has 1 unspecified atom stereocenters. The van der Waals surface area contributed by atoms with Gasteiger partial charge in [0.25, 0.3) is 0 Å². The van der Waals surface area contributed by atoms with Crippen molar-refractivity contribution in [2.45, 2.75) is 59.4 Å². The van der Waals surface area contributed by atoms with Gasteiger partial charge in [-0.3, -0.25) is 9.69 Å². The Hall–Kier alpha value is -0.370. The number of nitrogens with zero attached hydrogens (tertiary/aromatic N) is 1. The summed E-state index contributed by atoms with van der Waals surface area (Å²) in [7, 11) is 0. The molecule has 0 N–H and O–H groups in total. The highest BCUT2D eigenvalue weighted by atomic mass is 16.1. The van der Waals surface area contributed by atoms with E-state index in [0.29, 0.717) is 17.6 Å². The summed E-state index contributed by atoms with van der Waals surface area (Å²) >= 11 is 0. The van der Waals surface area contributed by atoms with Crippen molar-refractivity contribution in [2.75, 3.05) is 13.1 Å². The highest BCUT2D eigenvalue weighted by Gasteiger charge is 2.31. The Bertz CT molecular complexity index is 217. The molecule has 1 saturated heterocycles. The van der Waals surface area contributed by atoms with E-state index in [4.69, 9.17) is 0 Å². The smallest absolute Gasteiger partial charge is 0.149 e. The van der Waals surface area contributed by atoms with E-state index in [1.807, 2.05) is 6.92 Å². The minimum atomic E-state index is 0.136. The van der Waals surface area contributed by atoms with Crippen LogP contribution in [0.4, 0.5) is 0 Å². The van der Waals surface area contributed by atoms with Crippen LogP contribution in [0.5, 0.6) is 0 Å². The summed E-state index contributed by atoms with van der Waals surface area (Å²) < 4.78 is 0. The lowest BCUT2D eigenvalue weighted by molar-refractivity contribution is -0.124. The number of Topliss-reactive ketones (excluding diaryl/α,β-unsaturated/α-hetero) is 1. The van der Waals surface area contributed by atoms with Crippen LogP contribution in [-0.4, -0.2) is 29.8 Å². The molecular formula is C13H25NO. The minimum absolute atomic E-state index is 0.136. The number of ketones is 1. The van der Waals surface area contributed by atoms with Crippen molar-refractivity contribution in [1.82, 2.24) is 4.90 Å². The van der Waals surface area contributed by atoms with Crippen molar-refractivity contribution in [3.8, 4) is 0 Å². The molecule has 0 aromatic heterocycles. The van der Waals surface area contributed by atoms with Crippen LogP contribution in [0.1, 0.15) is 53.4 Å². The van der Waals surface area contributed by atoms with E-state index in [2.05, 4.69) is 25.7 Å². The molecule has 15 heavy (non-hydrogen) atoms. The Labute approximate surface area is 94.0 Å². The van der Waals surface area contributed by atoms with Gasteiger partial charge in [-0.05, 0) is 38.3 Å². The van der Waals surface area contributed by atoms with Gasteiger partial charge in [0.05, 0.1) is 6.04 Å². The van der Waals surface area contributed by atoms with E-state index in [1.54, 1.807) is 0 Å². The zero-order valence-corrected chi connectivity index (χ0v) is 10.7. The van der Waals surface area contributed by atoms with Crippen molar-refractivity contribution >= 4 is 5.78 Å². The predicted molar refractivity (Wildman–Crippen MR) is 64.0 cm³/mol. The lowest BCUT2D eigenvalue weighted by Crippen LogP contribution is -2.46. The normalized spacial score (nSPS) is 23.7. The lowest BCUT2D eigenvalue weighted by atomic mass is 9.78. The van der Waals surface area contributed by atoms with Crippen molar-refractivity contribution in [1.29, 1.82) is 0 Å². The van der Waals surface area contributed by atoms with Crippen LogP contribution in [-0.2, 0) is 4.79 Å². The number of carbonyl (C=O) groups is 1. The molecule has 0 radical (unpaired) electrons. The maximum absolute atomic E-state index is 11.6. The molecule has 1 atom stereocenters. The third-order valence-electron chi connectivity index (χ3n) is 4.22. The second kappa shape index (κ2) is 5.11. The van der Waals surface area contributed by atoms with Crippen LogP contribution < -0.4 is 0 Å². The number of hydrogen-bond acceptors (Lipinski definition) is 2. The van der Waals surface area contributed by atoms with Crippen molar-refractivity contribution in [3.63, 3.8) is 0 Å². The van der Waals surface area contributed by atoms with Crippen LogP contribution >= 0.6 is 0 Å². The fourth-order valence-corrected chi connectivity index (χ4v) is 2.30. The average Bonchev–Trinajstić information content (AvgIpc) is 2.28. The molecular weight excluding hydrogens is 186 g/mol. The van der Waals surface area contributed by atoms with E-state index in [1.165, 1.54) is 19.3 Å². The molecule has 0 aromatic rings. The number of carbonyl (C=O) groups excluding carboxylic acids is 1. The Morgan fingerprint density at radius 2 is 1.87 bits per heavy atom. The topological polar surface area (TPSA) is 20.3 Å². The molecule has 2 heteroatoms. The second-order valence-electron chi connectivity index (χ2n) is 5.20. The molecule has 1 heterocycles. The van der Waals surface area contributed by atoms with Crippen LogP contribution in [0.3, 0.4) is 0 Å². The van der Waals surface area contributed by atoms with Crippen LogP contribution in [0.25, 0.3) is 0 Å². The largest absolute Gasteiger partial charge is 0.298 e. The summed E-state index contributed by atoms with van der Waals surface area (Å²) in [4.78, 5) is 14.0. The molecule has 1 fully saturated rings. The fraction of sp³-hybridized carbons (Fsp3) is 0.923. The van der Waals surface area contributed by atoms with Gasteiger partial charge < -0.3 is 0 Å². The van der Waals surface area contributed by atoms with Gasteiger partial charge >= 0.3 is 0 Å². The van der Waals surface area contributed by atoms with Crippen molar-refractivity contribution < 1.29 is 4.79 Å². The first-order valence-electron chi connectivity index (χ1n) is 6.29. The first-order valence-corrected chi connectivity index (χ1v) is 6.29. The zero-order valence-electron chi connectivity index (χ0n) is 10.7. The number of rotatable bonds is 4. The Balaban J connectivity index is 2.47. The molecule has 2 nitrogen and oxygen atoms in total. The second-order valence-corrected chi connectivity index (χ2v) is 5.20. The average molecular weight is 211 g/mol. The van der Waals surface area contributed by atoms with Crippen molar-refractivity contribution in [3.05, 3.63) is 0 Å². The van der Waals surface area contributed by atoms with E-state index >= 15 is 0 Å². The molecule has 0 aromatic carbocycles. The zero-order chi connectivity index (χ0) is 11.5. The highest BCUT2D eigenvalue weighted by Crippen LogP contribution is 2.34. The quantitative estimate of drug-likeness (QED) is 0.712. The van der Waals surface area contributed by atoms with Crippen molar-refractivity contribution in [2.24, 2.45) is 5.41 Å². The summed E-state index contributed by atoms with van der Waals surface area (Å²) in [6.07, 6.45) is 4.41. The first-order chi connectivity index (χ1) is 7.02. The summed E-state index contributed by atoms with van der Waals surface area (Å²) in [6, 6.07) is 0.136. The molecule has 88 valence electrons. The van der Waals surface area contributed by atoms with Crippen LogP contribution in [0, 0.1) is 5.41 Å². The molecule has 1 aliphatic heterocycles. The van der Waals surface area contributed by atoms with E-state index < -0.39 is 0 Å². The Morgan fingerprint density at radius 1 is 1.33 bits per heavy atom. The fourth-order valence-electron chi connectivity index (χ4n) is 2.30. The number of hydrogen-bond donors (Lipinski definition) is 0. The summed E-state index contributed by atoms with van der Waals surface area (Å²) in [5, 5.41) is 0. The van der Waals surface area contributed by atoms with Gasteiger partial charge in [0.2, 0.25) is 0 Å². The van der Waals surface area contributed by atoms with E-state index in [-0.39, 0.29) is 6.04 Å². The molecule has 0 spiro atoms. The van der Waals surface area contributed by atoms with Gasteiger partial charge in [-0.2, -0.15) is 0 Å². The number of likely N-dealkylation sites (tertiary alicyclic amines) is 1. The maximum Gasteiger partial charge on any atom is 0.149 e. The van der Waals surface area contributed by atoms with Gasteiger partial charge in [0.1, 0.15) is 5.78 Å². The summed E-state index contributed by atoms with van der Waals surface area (Å²) in [6.45, 7) is 10.8. The minimum Gasteiger partial charge on any atom is -0.298 e. The molecule has 0 bridgehead atoms. The highest BCUT2D eigenvalue weighted by molar-refractivity contribution is 5.83. The molecule has 1 aliphatic rings. The van der Waals surface area contributed by atoms with E-state index in [9.17, 15) is 4.79 Å². The van der Waals surface area contributed by atoms with Crippen LogP contribution in [0.2, 0.25) is 0 Å². The molecule has 0 aliphatic carbocycles. The Morgan fingerprint density at radius 3 is 2.27 bits per heavy atom. The van der Waals surface area contributed by atoms with Gasteiger partial charge in [0.15, 0.2) is 0 Å².